The van der Waals surface area contributed by atoms with Crippen LogP contribution in [0.2, 0.25) is 0 Å². The van der Waals surface area contributed by atoms with Crippen LogP contribution in [0.5, 0.6) is 11.6 Å². The SMILES string of the molecule is COc1ccnc(OC)c1CCl. The quantitative estimate of drug-likeness (QED) is 0.677. The van der Waals surface area contributed by atoms with Crippen molar-refractivity contribution in [3.05, 3.63) is 17.8 Å². The topological polar surface area (TPSA) is 31.4 Å². The summed E-state index contributed by atoms with van der Waals surface area (Å²) in [6.07, 6.45) is 1.62. The van der Waals surface area contributed by atoms with Crippen molar-refractivity contribution in [1.82, 2.24) is 4.98 Å². The standard InChI is InChI=1S/C8H10ClNO2/c1-11-7-3-4-10-8(12-2)6(7)5-9/h3-4H,5H2,1-2H3. The Hall–Kier alpha value is -0.960. The molecule has 0 amide bonds. The number of aromatic nitrogens is 1. The molecule has 1 aromatic heterocycles. The van der Waals surface area contributed by atoms with Gasteiger partial charge < -0.3 is 9.47 Å². The van der Waals surface area contributed by atoms with Gasteiger partial charge in [-0.3, -0.25) is 0 Å². The monoisotopic (exact) mass is 187 g/mol. The second kappa shape index (κ2) is 4.16. The molecule has 0 bridgehead atoms. The molecule has 0 fully saturated rings. The third-order valence-corrected chi connectivity index (χ3v) is 1.79. The van der Waals surface area contributed by atoms with Crippen LogP contribution in [-0.2, 0) is 5.88 Å². The van der Waals surface area contributed by atoms with Gasteiger partial charge in [0.25, 0.3) is 0 Å². The lowest BCUT2D eigenvalue weighted by molar-refractivity contribution is 0.376. The highest BCUT2D eigenvalue weighted by atomic mass is 35.5. The molecule has 0 unspecified atom stereocenters. The predicted octanol–water partition coefficient (Wildman–Crippen LogP) is 1.84. The molecular formula is C8H10ClNO2. The van der Waals surface area contributed by atoms with Crippen LogP contribution in [0.1, 0.15) is 5.56 Å². The molecule has 0 saturated heterocycles. The van der Waals surface area contributed by atoms with E-state index in [4.69, 9.17) is 21.1 Å². The Kier molecular flexibility index (Phi) is 3.17. The summed E-state index contributed by atoms with van der Waals surface area (Å²) in [5, 5.41) is 0. The minimum Gasteiger partial charge on any atom is -0.496 e. The van der Waals surface area contributed by atoms with E-state index in [1.54, 1.807) is 26.5 Å². The van der Waals surface area contributed by atoms with Crippen molar-refractivity contribution in [3.63, 3.8) is 0 Å². The number of halogens is 1. The Morgan fingerprint density at radius 1 is 1.42 bits per heavy atom. The summed E-state index contributed by atoms with van der Waals surface area (Å²) < 4.78 is 10.1. The van der Waals surface area contributed by atoms with Crippen molar-refractivity contribution in [2.24, 2.45) is 0 Å². The summed E-state index contributed by atoms with van der Waals surface area (Å²) in [5.41, 5.74) is 0.782. The van der Waals surface area contributed by atoms with Crippen molar-refractivity contribution < 1.29 is 9.47 Å². The number of nitrogens with zero attached hydrogens (tertiary/aromatic N) is 1. The second-order valence-electron chi connectivity index (χ2n) is 2.13. The Morgan fingerprint density at radius 3 is 2.67 bits per heavy atom. The lowest BCUT2D eigenvalue weighted by atomic mass is 10.3. The normalized spacial score (nSPS) is 9.58. The smallest absolute Gasteiger partial charge is 0.221 e. The maximum Gasteiger partial charge on any atom is 0.221 e. The molecule has 0 aliphatic carbocycles. The molecule has 0 N–H and O–H groups in total. The summed E-state index contributed by atoms with van der Waals surface area (Å²) >= 11 is 5.69. The predicted molar refractivity (Wildman–Crippen MR) is 46.9 cm³/mol. The molecule has 0 aromatic carbocycles. The van der Waals surface area contributed by atoms with Crippen molar-refractivity contribution in [3.8, 4) is 11.6 Å². The maximum atomic E-state index is 5.69. The fourth-order valence-electron chi connectivity index (χ4n) is 0.947. The van der Waals surface area contributed by atoms with E-state index in [1.807, 2.05) is 0 Å². The fraction of sp³-hybridized carbons (Fsp3) is 0.375. The highest BCUT2D eigenvalue weighted by Gasteiger charge is 2.08. The number of alkyl halides is 1. The molecule has 3 nitrogen and oxygen atoms in total. The molecule has 0 radical (unpaired) electrons. The van der Waals surface area contributed by atoms with E-state index in [0.29, 0.717) is 17.5 Å². The fourth-order valence-corrected chi connectivity index (χ4v) is 1.19. The maximum absolute atomic E-state index is 5.69. The second-order valence-corrected chi connectivity index (χ2v) is 2.40. The zero-order valence-electron chi connectivity index (χ0n) is 7.00. The van der Waals surface area contributed by atoms with Gasteiger partial charge in [-0.1, -0.05) is 0 Å². The van der Waals surface area contributed by atoms with Gasteiger partial charge in [0, 0.05) is 6.20 Å². The van der Waals surface area contributed by atoms with E-state index in [2.05, 4.69) is 4.98 Å². The molecule has 0 atom stereocenters. The van der Waals surface area contributed by atoms with Gasteiger partial charge in [0.15, 0.2) is 0 Å². The number of hydrogen-bond acceptors (Lipinski definition) is 3. The average Bonchev–Trinajstić information content (AvgIpc) is 2.16. The van der Waals surface area contributed by atoms with E-state index < -0.39 is 0 Å². The Balaban J connectivity index is 3.13. The van der Waals surface area contributed by atoms with E-state index in [1.165, 1.54) is 0 Å². The largest absolute Gasteiger partial charge is 0.496 e. The molecule has 1 rings (SSSR count). The summed E-state index contributed by atoms with van der Waals surface area (Å²) in [5.74, 6) is 1.56. The molecule has 4 heteroatoms. The molecular weight excluding hydrogens is 178 g/mol. The van der Waals surface area contributed by atoms with Gasteiger partial charge in [0.05, 0.1) is 25.7 Å². The minimum absolute atomic E-state index is 0.334. The van der Waals surface area contributed by atoms with Crippen molar-refractivity contribution in [2.45, 2.75) is 5.88 Å². The summed E-state index contributed by atoms with van der Waals surface area (Å²) in [6, 6.07) is 1.75. The van der Waals surface area contributed by atoms with Gasteiger partial charge in [0.2, 0.25) is 5.88 Å². The van der Waals surface area contributed by atoms with Crippen molar-refractivity contribution in [1.29, 1.82) is 0 Å². The minimum atomic E-state index is 0.334. The Bertz CT molecular complexity index is 243. The molecule has 12 heavy (non-hydrogen) atoms. The van der Waals surface area contributed by atoms with Crippen LogP contribution in [0.4, 0.5) is 0 Å². The van der Waals surface area contributed by atoms with Gasteiger partial charge in [0.1, 0.15) is 5.75 Å². The third-order valence-electron chi connectivity index (χ3n) is 1.52. The van der Waals surface area contributed by atoms with E-state index in [9.17, 15) is 0 Å². The first-order chi connectivity index (χ1) is 5.83. The van der Waals surface area contributed by atoms with Crippen LogP contribution in [0, 0.1) is 0 Å². The van der Waals surface area contributed by atoms with Crippen LogP contribution in [0.15, 0.2) is 12.3 Å². The van der Waals surface area contributed by atoms with Crippen LogP contribution in [-0.4, -0.2) is 19.2 Å². The number of rotatable bonds is 3. The van der Waals surface area contributed by atoms with Gasteiger partial charge in [-0.25, -0.2) is 4.98 Å². The number of pyridine rings is 1. The van der Waals surface area contributed by atoms with Crippen LogP contribution in [0.3, 0.4) is 0 Å². The molecule has 0 aliphatic heterocycles. The van der Waals surface area contributed by atoms with Gasteiger partial charge in [-0.2, -0.15) is 0 Å². The number of ether oxygens (including phenoxy) is 2. The molecule has 1 aromatic rings. The summed E-state index contributed by atoms with van der Waals surface area (Å²) in [4.78, 5) is 3.99. The highest BCUT2D eigenvalue weighted by molar-refractivity contribution is 6.17. The third kappa shape index (κ3) is 1.61. The van der Waals surface area contributed by atoms with Crippen LogP contribution < -0.4 is 9.47 Å². The number of hydrogen-bond donors (Lipinski definition) is 0. The van der Waals surface area contributed by atoms with Crippen molar-refractivity contribution in [2.75, 3.05) is 14.2 Å². The van der Waals surface area contributed by atoms with Gasteiger partial charge in [-0.15, -0.1) is 11.6 Å². The lowest BCUT2D eigenvalue weighted by Crippen LogP contribution is -1.96. The van der Waals surface area contributed by atoms with Crippen molar-refractivity contribution >= 4 is 11.6 Å². The Labute approximate surface area is 76.3 Å². The van der Waals surface area contributed by atoms with E-state index in [0.717, 1.165) is 5.56 Å². The van der Waals surface area contributed by atoms with E-state index in [-0.39, 0.29) is 0 Å². The summed E-state index contributed by atoms with van der Waals surface area (Å²) in [7, 11) is 3.14. The molecule has 0 aliphatic rings. The summed E-state index contributed by atoms with van der Waals surface area (Å²) in [6.45, 7) is 0. The molecule has 0 spiro atoms. The van der Waals surface area contributed by atoms with Gasteiger partial charge >= 0.3 is 0 Å². The molecule has 1 heterocycles. The number of methoxy groups -OCH3 is 2. The van der Waals surface area contributed by atoms with Crippen LogP contribution in [0.25, 0.3) is 0 Å². The Morgan fingerprint density at radius 2 is 2.17 bits per heavy atom. The average molecular weight is 188 g/mol. The molecule has 0 saturated carbocycles. The highest BCUT2D eigenvalue weighted by Crippen LogP contribution is 2.26. The zero-order valence-corrected chi connectivity index (χ0v) is 7.76. The van der Waals surface area contributed by atoms with E-state index >= 15 is 0 Å². The first-order valence-corrected chi connectivity index (χ1v) is 3.98. The first kappa shape index (κ1) is 9.13. The lowest BCUT2D eigenvalue weighted by Gasteiger charge is -2.08. The molecule has 66 valence electrons. The van der Waals surface area contributed by atoms with Gasteiger partial charge in [-0.05, 0) is 6.07 Å². The zero-order chi connectivity index (χ0) is 8.97. The van der Waals surface area contributed by atoms with Crippen LogP contribution >= 0.6 is 11.6 Å². The first-order valence-electron chi connectivity index (χ1n) is 3.45.